The Hall–Kier alpha value is -1.61. The van der Waals surface area contributed by atoms with Gasteiger partial charge in [-0.3, -0.25) is 9.48 Å². The van der Waals surface area contributed by atoms with Crippen molar-refractivity contribution in [2.45, 2.75) is 32.7 Å². The first-order valence-corrected chi connectivity index (χ1v) is 7.42. The number of ether oxygens (including phenoxy) is 2. The number of rotatable bonds is 5. The van der Waals surface area contributed by atoms with E-state index in [0.29, 0.717) is 25.5 Å². The van der Waals surface area contributed by atoms with Crippen molar-refractivity contribution in [3.8, 4) is 0 Å². The van der Waals surface area contributed by atoms with E-state index in [1.807, 2.05) is 6.92 Å². The standard InChI is InChI=1S/C14H20F3N3O3/c1-3-22-6-5-20-11(8-10(2)18-20)13(21)19-4-7-23-12(9-19)14(15,16)17/h8,12H,3-7,9H2,1-2H3. The average Bonchev–Trinajstić information content (AvgIpc) is 2.87. The Morgan fingerprint density at radius 1 is 1.52 bits per heavy atom. The molecule has 6 nitrogen and oxygen atoms in total. The molecule has 23 heavy (non-hydrogen) atoms. The maximum absolute atomic E-state index is 12.8. The Morgan fingerprint density at radius 3 is 2.91 bits per heavy atom. The van der Waals surface area contributed by atoms with Crippen LogP contribution in [0.4, 0.5) is 13.2 Å². The molecule has 130 valence electrons. The van der Waals surface area contributed by atoms with E-state index in [9.17, 15) is 18.0 Å². The lowest BCUT2D eigenvalue weighted by molar-refractivity contribution is -0.233. The minimum Gasteiger partial charge on any atom is -0.380 e. The molecule has 1 aliphatic rings. The van der Waals surface area contributed by atoms with Gasteiger partial charge in [-0.2, -0.15) is 18.3 Å². The summed E-state index contributed by atoms with van der Waals surface area (Å²) in [5.74, 6) is -0.473. The second-order valence-corrected chi connectivity index (χ2v) is 5.24. The third kappa shape index (κ3) is 4.44. The number of amides is 1. The maximum Gasteiger partial charge on any atom is 0.416 e. The molecular formula is C14H20F3N3O3. The summed E-state index contributed by atoms with van der Waals surface area (Å²) in [6.07, 6.45) is -6.43. The molecule has 1 amide bonds. The van der Waals surface area contributed by atoms with Gasteiger partial charge < -0.3 is 14.4 Å². The smallest absolute Gasteiger partial charge is 0.380 e. The van der Waals surface area contributed by atoms with Crippen LogP contribution in [0.2, 0.25) is 0 Å². The molecule has 0 radical (unpaired) electrons. The van der Waals surface area contributed by atoms with E-state index in [-0.39, 0.29) is 18.8 Å². The van der Waals surface area contributed by atoms with Crippen LogP contribution >= 0.6 is 0 Å². The van der Waals surface area contributed by atoms with E-state index in [0.717, 1.165) is 4.90 Å². The molecule has 0 bridgehead atoms. The Morgan fingerprint density at radius 2 is 2.26 bits per heavy atom. The fourth-order valence-corrected chi connectivity index (χ4v) is 2.38. The monoisotopic (exact) mass is 335 g/mol. The van der Waals surface area contributed by atoms with Crippen molar-refractivity contribution in [3.05, 3.63) is 17.5 Å². The van der Waals surface area contributed by atoms with Gasteiger partial charge in [-0.1, -0.05) is 0 Å². The van der Waals surface area contributed by atoms with Crippen LogP contribution in [0.3, 0.4) is 0 Å². The summed E-state index contributed by atoms with van der Waals surface area (Å²) in [5.41, 5.74) is 0.899. The number of morpholine rings is 1. The second kappa shape index (κ2) is 7.31. The fourth-order valence-electron chi connectivity index (χ4n) is 2.38. The number of nitrogens with zero attached hydrogens (tertiary/aromatic N) is 3. The molecule has 0 aromatic carbocycles. The number of carbonyl (C=O) groups excluding carboxylic acids is 1. The zero-order valence-electron chi connectivity index (χ0n) is 13.1. The SMILES string of the molecule is CCOCCn1nc(C)cc1C(=O)N1CCOC(C(F)(F)F)C1. The van der Waals surface area contributed by atoms with Crippen molar-refractivity contribution < 1.29 is 27.4 Å². The van der Waals surface area contributed by atoms with E-state index in [1.165, 1.54) is 4.68 Å². The number of alkyl halides is 3. The fraction of sp³-hybridized carbons (Fsp3) is 0.714. The average molecular weight is 335 g/mol. The summed E-state index contributed by atoms with van der Waals surface area (Å²) in [6, 6.07) is 1.58. The number of hydrogen-bond donors (Lipinski definition) is 0. The summed E-state index contributed by atoms with van der Waals surface area (Å²) < 4.78 is 49.7. The number of hydrogen-bond acceptors (Lipinski definition) is 4. The highest BCUT2D eigenvalue weighted by molar-refractivity contribution is 5.92. The van der Waals surface area contributed by atoms with Crippen molar-refractivity contribution in [2.75, 3.05) is 32.9 Å². The lowest BCUT2D eigenvalue weighted by atomic mass is 10.2. The highest BCUT2D eigenvalue weighted by atomic mass is 19.4. The summed E-state index contributed by atoms with van der Waals surface area (Å²) >= 11 is 0. The summed E-state index contributed by atoms with van der Waals surface area (Å²) in [6.45, 7) is 4.36. The van der Waals surface area contributed by atoms with Crippen molar-refractivity contribution >= 4 is 5.91 Å². The lowest BCUT2D eigenvalue weighted by Gasteiger charge is -2.33. The second-order valence-electron chi connectivity index (χ2n) is 5.24. The molecule has 1 fully saturated rings. The van der Waals surface area contributed by atoms with Gasteiger partial charge >= 0.3 is 6.18 Å². The molecule has 0 aliphatic carbocycles. The van der Waals surface area contributed by atoms with E-state index in [4.69, 9.17) is 9.47 Å². The summed E-state index contributed by atoms with van der Waals surface area (Å²) in [4.78, 5) is 13.7. The minimum atomic E-state index is -4.48. The van der Waals surface area contributed by atoms with Crippen LogP contribution < -0.4 is 0 Å². The predicted molar refractivity (Wildman–Crippen MR) is 75.2 cm³/mol. The highest BCUT2D eigenvalue weighted by Crippen LogP contribution is 2.26. The third-order valence-corrected chi connectivity index (χ3v) is 3.49. The minimum absolute atomic E-state index is 0.126. The normalized spacial score (nSPS) is 19.2. The molecule has 2 heterocycles. The molecular weight excluding hydrogens is 315 g/mol. The van der Waals surface area contributed by atoms with Gasteiger partial charge in [-0.15, -0.1) is 0 Å². The zero-order valence-corrected chi connectivity index (χ0v) is 13.1. The molecule has 0 N–H and O–H groups in total. The first kappa shape index (κ1) is 17.7. The van der Waals surface area contributed by atoms with Crippen molar-refractivity contribution in [1.29, 1.82) is 0 Å². The topological polar surface area (TPSA) is 56.6 Å². The molecule has 1 atom stereocenters. The van der Waals surface area contributed by atoms with Gasteiger partial charge in [0, 0.05) is 13.2 Å². The summed E-state index contributed by atoms with van der Waals surface area (Å²) in [5, 5.41) is 4.20. The van der Waals surface area contributed by atoms with Gasteiger partial charge in [0.25, 0.3) is 5.91 Å². The summed E-state index contributed by atoms with van der Waals surface area (Å²) in [7, 11) is 0. The Labute approximate surface area is 132 Å². The van der Waals surface area contributed by atoms with Crippen LogP contribution in [0.15, 0.2) is 6.07 Å². The van der Waals surface area contributed by atoms with Crippen molar-refractivity contribution in [1.82, 2.24) is 14.7 Å². The largest absolute Gasteiger partial charge is 0.416 e. The van der Waals surface area contributed by atoms with Gasteiger partial charge in [0.15, 0.2) is 6.10 Å². The highest BCUT2D eigenvalue weighted by Gasteiger charge is 2.44. The van der Waals surface area contributed by atoms with Crippen molar-refractivity contribution in [3.63, 3.8) is 0 Å². The number of halogens is 3. The van der Waals surface area contributed by atoms with E-state index >= 15 is 0 Å². The van der Waals surface area contributed by atoms with Crippen LogP contribution in [0.5, 0.6) is 0 Å². The van der Waals surface area contributed by atoms with E-state index in [2.05, 4.69) is 5.10 Å². The van der Waals surface area contributed by atoms with Gasteiger partial charge in [-0.05, 0) is 19.9 Å². The number of aromatic nitrogens is 2. The maximum atomic E-state index is 12.8. The van der Waals surface area contributed by atoms with Gasteiger partial charge in [0.2, 0.25) is 0 Å². The Kier molecular flexibility index (Phi) is 5.64. The van der Waals surface area contributed by atoms with Crippen LogP contribution in [0.25, 0.3) is 0 Å². The first-order chi connectivity index (χ1) is 10.8. The molecule has 1 aromatic heterocycles. The van der Waals surface area contributed by atoms with Gasteiger partial charge in [0.05, 0.1) is 32.0 Å². The first-order valence-electron chi connectivity index (χ1n) is 7.42. The quantitative estimate of drug-likeness (QED) is 0.768. The molecule has 2 rings (SSSR count). The molecule has 1 saturated heterocycles. The van der Waals surface area contributed by atoms with Gasteiger partial charge in [-0.25, -0.2) is 0 Å². The Balaban J connectivity index is 2.10. The molecule has 1 unspecified atom stereocenters. The third-order valence-electron chi connectivity index (χ3n) is 3.49. The molecule has 9 heteroatoms. The van der Waals surface area contributed by atoms with E-state index in [1.54, 1.807) is 13.0 Å². The zero-order chi connectivity index (χ0) is 17.0. The van der Waals surface area contributed by atoms with Crippen molar-refractivity contribution in [2.24, 2.45) is 0 Å². The number of aryl methyl sites for hydroxylation is 1. The molecule has 0 saturated carbocycles. The molecule has 1 aliphatic heterocycles. The van der Waals surface area contributed by atoms with Crippen LogP contribution in [-0.4, -0.2) is 65.8 Å². The Bertz CT molecular complexity index is 545. The molecule has 0 spiro atoms. The number of carbonyl (C=O) groups is 1. The van der Waals surface area contributed by atoms with Gasteiger partial charge in [0.1, 0.15) is 5.69 Å². The lowest BCUT2D eigenvalue weighted by Crippen LogP contribution is -2.51. The molecule has 1 aromatic rings. The van der Waals surface area contributed by atoms with E-state index < -0.39 is 24.7 Å². The van der Waals surface area contributed by atoms with Crippen LogP contribution in [0.1, 0.15) is 23.1 Å². The van der Waals surface area contributed by atoms with Crippen LogP contribution in [-0.2, 0) is 16.0 Å². The van der Waals surface area contributed by atoms with Crippen LogP contribution in [0, 0.1) is 6.92 Å². The predicted octanol–water partition coefficient (Wildman–Crippen LogP) is 1.63.